The second-order valence-corrected chi connectivity index (χ2v) is 6.79. The van der Waals surface area contributed by atoms with Gasteiger partial charge in [-0.25, -0.2) is 9.78 Å². The van der Waals surface area contributed by atoms with Crippen molar-refractivity contribution >= 4 is 23.3 Å². The number of primary amides is 1. The number of aromatic nitrogens is 1. The maximum atomic E-state index is 12.1. The highest BCUT2D eigenvalue weighted by molar-refractivity contribution is 7.09. The second kappa shape index (κ2) is 8.12. The molecule has 122 valence electrons. The van der Waals surface area contributed by atoms with Gasteiger partial charge in [0, 0.05) is 43.5 Å². The van der Waals surface area contributed by atoms with Gasteiger partial charge in [-0.3, -0.25) is 4.79 Å². The van der Waals surface area contributed by atoms with Crippen molar-refractivity contribution in [2.45, 2.75) is 39.0 Å². The minimum atomic E-state index is -0.286. The average Bonchev–Trinajstić information content (AvgIpc) is 2.88. The molecule has 0 aliphatic carbocycles. The molecule has 0 radical (unpaired) electrons. The molecule has 1 aromatic rings. The fourth-order valence-electron chi connectivity index (χ4n) is 2.76. The summed E-state index contributed by atoms with van der Waals surface area (Å²) in [5.41, 5.74) is 6.29. The highest BCUT2D eigenvalue weighted by Gasteiger charge is 2.24. The third-order valence-corrected chi connectivity index (χ3v) is 4.83. The molecule has 1 aliphatic rings. The summed E-state index contributed by atoms with van der Waals surface area (Å²) >= 11 is 1.66. The number of hydrogen-bond donors (Lipinski definition) is 2. The predicted molar refractivity (Wildman–Crippen MR) is 86.7 cm³/mol. The number of nitrogens with one attached hydrogen (secondary N) is 1. The Labute approximate surface area is 135 Å². The topological polar surface area (TPSA) is 88.3 Å². The monoisotopic (exact) mass is 324 g/mol. The van der Waals surface area contributed by atoms with Gasteiger partial charge in [-0.15, -0.1) is 11.3 Å². The van der Waals surface area contributed by atoms with E-state index in [0.29, 0.717) is 19.5 Å². The number of aryl methyl sites for hydroxylation is 2. The molecule has 1 fully saturated rings. The van der Waals surface area contributed by atoms with Crippen LogP contribution in [-0.2, 0) is 11.2 Å². The number of likely N-dealkylation sites (tertiary alicyclic amines) is 1. The van der Waals surface area contributed by atoms with E-state index in [1.807, 2.05) is 12.3 Å². The minimum absolute atomic E-state index is 0.0375. The predicted octanol–water partition coefficient (Wildman–Crippen LogP) is 1.68. The van der Waals surface area contributed by atoms with Crippen LogP contribution in [0.4, 0.5) is 4.79 Å². The Morgan fingerprint density at radius 3 is 3.05 bits per heavy atom. The van der Waals surface area contributed by atoms with E-state index in [-0.39, 0.29) is 17.9 Å². The normalized spacial score (nSPS) is 18.2. The van der Waals surface area contributed by atoms with Crippen LogP contribution in [0.15, 0.2) is 5.38 Å². The summed E-state index contributed by atoms with van der Waals surface area (Å²) in [6.45, 7) is 4.02. The van der Waals surface area contributed by atoms with Crippen LogP contribution >= 0.6 is 11.3 Å². The Morgan fingerprint density at radius 2 is 2.36 bits per heavy atom. The fourth-order valence-corrected chi connectivity index (χ4v) is 3.58. The fraction of sp³-hybridized carbons (Fsp3) is 0.667. The number of hydrogen-bond acceptors (Lipinski definition) is 4. The molecule has 3 amide bonds. The Balaban J connectivity index is 1.67. The Morgan fingerprint density at radius 1 is 1.55 bits per heavy atom. The van der Waals surface area contributed by atoms with Gasteiger partial charge in [0.1, 0.15) is 0 Å². The summed E-state index contributed by atoms with van der Waals surface area (Å²) < 4.78 is 0. The third kappa shape index (κ3) is 5.29. The van der Waals surface area contributed by atoms with Gasteiger partial charge < -0.3 is 16.0 Å². The van der Waals surface area contributed by atoms with Gasteiger partial charge >= 0.3 is 6.03 Å². The lowest BCUT2D eigenvalue weighted by atomic mass is 9.95. The van der Waals surface area contributed by atoms with Crippen LogP contribution in [0.3, 0.4) is 0 Å². The molecule has 1 atom stereocenters. The van der Waals surface area contributed by atoms with E-state index in [1.165, 1.54) is 0 Å². The van der Waals surface area contributed by atoms with E-state index in [4.69, 9.17) is 5.73 Å². The van der Waals surface area contributed by atoms with Gasteiger partial charge in [-0.1, -0.05) is 0 Å². The molecule has 7 heteroatoms. The summed E-state index contributed by atoms with van der Waals surface area (Å²) in [4.78, 5) is 29.3. The zero-order valence-electron chi connectivity index (χ0n) is 13.0. The first-order valence-electron chi connectivity index (χ1n) is 7.76. The van der Waals surface area contributed by atoms with E-state index < -0.39 is 0 Å². The summed E-state index contributed by atoms with van der Waals surface area (Å²) in [5, 5.41) is 6.11. The molecule has 0 spiro atoms. The number of rotatable bonds is 6. The first kappa shape index (κ1) is 16.7. The van der Waals surface area contributed by atoms with Crippen LogP contribution in [0.5, 0.6) is 0 Å². The molecular formula is C15H24N4O2S. The molecule has 0 bridgehead atoms. The zero-order valence-corrected chi connectivity index (χ0v) is 13.8. The summed E-state index contributed by atoms with van der Waals surface area (Å²) in [6.07, 6.45) is 4.05. The summed E-state index contributed by atoms with van der Waals surface area (Å²) in [6, 6.07) is -0.0375. The van der Waals surface area contributed by atoms with E-state index in [2.05, 4.69) is 10.3 Å². The molecular weight excluding hydrogens is 300 g/mol. The average molecular weight is 324 g/mol. The molecule has 3 N–H and O–H groups in total. The van der Waals surface area contributed by atoms with Crippen molar-refractivity contribution in [3.05, 3.63) is 16.1 Å². The van der Waals surface area contributed by atoms with Gasteiger partial charge in [0.05, 0.1) is 5.01 Å². The number of carbonyl (C=O) groups excluding carboxylic acids is 2. The largest absolute Gasteiger partial charge is 0.370 e. The third-order valence-electron chi connectivity index (χ3n) is 3.81. The van der Waals surface area contributed by atoms with Crippen LogP contribution in [0, 0.1) is 12.8 Å². The van der Waals surface area contributed by atoms with Crippen molar-refractivity contribution in [1.82, 2.24) is 15.2 Å². The number of nitrogens with zero attached hydrogens (tertiary/aromatic N) is 2. The molecule has 22 heavy (non-hydrogen) atoms. The Kier molecular flexibility index (Phi) is 6.18. The molecule has 2 heterocycles. The van der Waals surface area contributed by atoms with Crippen molar-refractivity contribution in [1.29, 1.82) is 0 Å². The molecule has 2 rings (SSSR count). The van der Waals surface area contributed by atoms with Crippen LogP contribution in [-0.4, -0.2) is 41.5 Å². The van der Waals surface area contributed by atoms with Gasteiger partial charge in [-0.2, -0.15) is 0 Å². The lowest BCUT2D eigenvalue weighted by Gasteiger charge is -2.32. The first-order chi connectivity index (χ1) is 10.5. The molecule has 6 nitrogen and oxygen atoms in total. The van der Waals surface area contributed by atoms with Crippen molar-refractivity contribution in [3.8, 4) is 0 Å². The highest BCUT2D eigenvalue weighted by Crippen LogP contribution is 2.19. The molecule has 0 saturated carbocycles. The Hall–Kier alpha value is -1.63. The number of urea groups is 1. The van der Waals surface area contributed by atoms with Crippen LogP contribution in [0.1, 0.15) is 36.4 Å². The summed E-state index contributed by atoms with van der Waals surface area (Å²) in [5.74, 6) is -0.0821. The maximum Gasteiger partial charge on any atom is 0.317 e. The number of thiazole rings is 1. The smallest absolute Gasteiger partial charge is 0.317 e. The van der Waals surface area contributed by atoms with E-state index >= 15 is 0 Å². The molecule has 1 aliphatic heterocycles. The number of piperidine rings is 1. The zero-order chi connectivity index (χ0) is 15.9. The highest BCUT2D eigenvalue weighted by atomic mass is 32.1. The lowest BCUT2D eigenvalue weighted by molar-refractivity contribution is -0.119. The number of carbonyl (C=O) groups is 2. The van der Waals surface area contributed by atoms with E-state index in [1.54, 1.807) is 16.2 Å². The first-order valence-corrected chi connectivity index (χ1v) is 8.64. The van der Waals surface area contributed by atoms with Gasteiger partial charge in [0.25, 0.3) is 0 Å². The van der Waals surface area contributed by atoms with Crippen LogP contribution in [0.2, 0.25) is 0 Å². The van der Waals surface area contributed by atoms with Crippen molar-refractivity contribution in [3.63, 3.8) is 0 Å². The number of amides is 3. The van der Waals surface area contributed by atoms with Crippen molar-refractivity contribution in [2.75, 3.05) is 19.6 Å². The van der Waals surface area contributed by atoms with Crippen LogP contribution < -0.4 is 11.1 Å². The summed E-state index contributed by atoms with van der Waals surface area (Å²) in [7, 11) is 0. The number of nitrogens with two attached hydrogens (primary N) is 1. The molecule has 0 aromatic carbocycles. The SMILES string of the molecule is Cc1csc(CCCNC(=O)N2CCCC(CC(N)=O)C2)n1. The maximum absolute atomic E-state index is 12.1. The molecule has 1 unspecified atom stereocenters. The van der Waals surface area contributed by atoms with Gasteiger partial charge in [0.2, 0.25) is 5.91 Å². The molecule has 1 aromatic heterocycles. The standard InChI is InChI=1S/C15H24N4O2S/c1-11-10-22-14(18-11)5-2-6-17-15(21)19-7-3-4-12(9-19)8-13(16)20/h10,12H,2-9H2,1H3,(H2,16,20)(H,17,21). The Bertz CT molecular complexity index is 517. The van der Waals surface area contributed by atoms with Crippen molar-refractivity contribution < 1.29 is 9.59 Å². The van der Waals surface area contributed by atoms with E-state index in [9.17, 15) is 9.59 Å². The quantitative estimate of drug-likeness (QED) is 0.780. The second-order valence-electron chi connectivity index (χ2n) is 5.84. The molecule has 1 saturated heterocycles. The van der Waals surface area contributed by atoms with Crippen molar-refractivity contribution in [2.24, 2.45) is 11.7 Å². The minimum Gasteiger partial charge on any atom is -0.370 e. The van der Waals surface area contributed by atoms with Gasteiger partial charge in [0.15, 0.2) is 0 Å². The van der Waals surface area contributed by atoms with Gasteiger partial charge in [-0.05, 0) is 32.1 Å². The van der Waals surface area contributed by atoms with E-state index in [0.717, 1.165) is 42.9 Å². The van der Waals surface area contributed by atoms with Crippen LogP contribution in [0.25, 0.3) is 0 Å². The lowest BCUT2D eigenvalue weighted by Crippen LogP contribution is -2.46.